The van der Waals surface area contributed by atoms with E-state index in [1.165, 1.54) is 12.1 Å². The summed E-state index contributed by atoms with van der Waals surface area (Å²) < 4.78 is 30.1. The molecule has 0 unspecified atom stereocenters. The zero-order valence-corrected chi connectivity index (χ0v) is 12.2. The van der Waals surface area contributed by atoms with E-state index in [0.717, 1.165) is 6.07 Å². The second kappa shape index (κ2) is 6.15. The van der Waals surface area contributed by atoms with Crippen molar-refractivity contribution in [3.8, 4) is 5.75 Å². The highest BCUT2D eigenvalue weighted by Gasteiger charge is 2.19. The van der Waals surface area contributed by atoms with Crippen LogP contribution >= 0.6 is 10.7 Å². The van der Waals surface area contributed by atoms with Gasteiger partial charge in [-0.1, -0.05) is 0 Å². The quantitative estimate of drug-likeness (QED) is 0.807. The van der Waals surface area contributed by atoms with Crippen molar-refractivity contribution in [3.05, 3.63) is 42.5 Å². The fraction of sp³-hybridized carbons (Fsp3) is 0.167. The molecule has 0 saturated heterocycles. The number of hydrogen-bond acceptors (Lipinski definition) is 5. The lowest BCUT2D eigenvalue weighted by atomic mass is 10.2. The number of aromatic carboxylic acids is 1. The minimum atomic E-state index is -4.11. The molecule has 0 aliphatic rings. The van der Waals surface area contributed by atoms with E-state index in [2.05, 4.69) is 4.98 Å². The Balaban J connectivity index is 2.20. The maximum atomic E-state index is 11.5. The number of aromatic nitrogens is 2. The van der Waals surface area contributed by atoms with Crippen molar-refractivity contribution in [1.82, 2.24) is 9.55 Å². The Hall–Kier alpha value is -2.06. The van der Waals surface area contributed by atoms with Crippen LogP contribution in [0.3, 0.4) is 0 Å². The van der Waals surface area contributed by atoms with E-state index in [-0.39, 0.29) is 22.8 Å². The molecular formula is C12H11ClN2O5S. The third kappa shape index (κ3) is 3.96. The van der Waals surface area contributed by atoms with Crippen LogP contribution in [0, 0.1) is 0 Å². The topological polar surface area (TPSA) is 98.5 Å². The first-order valence-electron chi connectivity index (χ1n) is 5.78. The Bertz CT molecular complexity index is 743. The Morgan fingerprint density at radius 1 is 1.43 bits per heavy atom. The molecule has 0 bridgehead atoms. The standard InChI is InChI=1S/C12H11ClN2O5S/c13-21(18,19)11-7-9(12(16)17)1-2-10(11)20-6-5-15-4-3-14-8-15/h1-4,7-8H,5-6H2,(H,16,17). The number of carboxylic acid groups (broad SMARTS) is 1. The molecule has 1 aromatic heterocycles. The van der Waals surface area contributed by atoms with Gasteiger partial charge in [0.1, 0.15) is 17.3 Å². The average Bonchev–Trinajstić information content (AvgIpc) is 2.90. The summed E-state index contributed by atoms with van der Waals surface area (Å²) in [6.45, 7) is 0.643. The molecule has 2 aromatic rings. The van der Waals surface area contributed by atoms with E-state index < -0.39 is 15.0 Å². The molecule has 0 saturated carbocycles. The van der Waals surface area contributed by atoms with Crippen LogP contribution in [0.15, 0.2) is 41.8 Å². The zero-order valence-electron chi connectivity index (χ0n) is 10.6. The Kier molecular flexibility index (Phi) is 4.49. The third-order valence-electron chi connectivity index (χ3n) is 2.62. The van der Waals surface area contributed by atoms with Gasteiger partial charge in [0.05, 0.1) is 18.4 Å². The van der Waals surface area contributed by atoms with Gasteiger partial charge in [-0.25, -0.2) is 18.2 Å². The molecule has 9 heteroatoms. The van der Waals surface area contributed by atoms with Crippen LogP contribution < -0.4 is 4.74 Å². The summed E-state index contributed by atoms with van der Waals surface area (Å²) in [4.78, 5) is 14.4. The minimum Gasteiger partial charge on any atom is -0.490 e. The predicted octanol–water partition coefficient (Wildman–Crippen LogP) is 1.59. The van der Waals surface area contributed by atoms with Crippen molar-refractivity contribution in [1.29, 1.82) is 0 Å². The lowest BCUT2D eigenvalue weighted by Crippen LogP contribution is -2.09. The minimum absolute atomic E-state index is 0.00937. The number of carbonyl (C=O) groups is 1. The molecule has 0 spiro atoms. The fourth-order valence-electron chi connectivity index (χ4n) is 1.63. The molecule has 1 heterocycles. The third-order valence-corrected chi connectivity index (χ3v) is 3.96. The second-order valence-electron chi connectivity index (χ2n) is 4.05. The van der Waals surface area contributed by atoms with Crippen LogP contribution in [-0.4, -0.2) is 35.7 Å². The SMILES string of the molecule is O=C(O)c1ccc(OCCn2ccnc2)c(S(=O)(=O)Cl)c1. The Labute approximate surface area is 125 Å². The summed E-state index contributed by atoms with van der Waals surface area (Å²) in [5, 5.41) is 8.88. The second-order valence-corrected chi connectivity index (χ2v) is 6.59. The average molecular weight is 331 g/mol. The van der Waals surface area contributed by atoms with Crippen molar-refractivity contribution in [2.45, 2.75) is 11.4 Å². The van der Waals surface area contributed by atoms with E-state index >= 15 is 0 Å². The molecule has 0 amide bonds. The largest absolute Gasteiger partial charge is 0.490 e. The van der Waals surface area contributed by atoms with Gasteiger partial charge in [-0.2, -0.15) is 0 Å². The number of hydrogen-bond donors (Lipinski definition) is 1. The highest BCUT2D eigenvalue weighted by atomic mass is 35.7. The van der Waals surface area contributed by atoms with E-state index in [0.29, 0.717) is 6.54 Å². The van der Waals surface area contributed by atoms with Crippen molar-refractivity contribution in [2.75, 3.05) is 6.61 Å². The number of benzene rings is 1. The first-order valence-corrected chi connectivity index (χ1v) is 8.09. The van der Waals surface area contributed by atoms with E-state index in [1.807, 2.05) is 0 Å². The summed E-state index contributed by atoms with van der Waals surface area (Å²) in [5.41, 5.74) is -0.184. The molecule has 0 aliphatic carbocycles. The summed E-state index contributed by atoms with van der Waals surface area (Å²) >= 11 is 0. The summed E-state index contributed by atoms with van der Waals surface area (Å²) in [6, 6.07) is 3.49. The van der Waals surface area contributed by atoms with Crippen LogP contribution in [0.1, 0.15) is 10.4 Å². The zero-order chi connectivity index (χ0) is 15.5. The van der Waals surface area contributed by atoms with Crippen LogP contribution in [0.5, 0.6) is 5.75 Å². The van der Waals surface area contributed by atoms with Crippen molar-refractivity contribution in [2.24, 2.45) is 0 Å². The van der Waals surface area contributed by atoms with Gasteiger partial charge in [0.15, 0.2) is 0 Å². The number of ether oxygens (including phenoxy) is 1. The molecule has 1 aromatic carbocycles. The summed E-state index contributed by atoms with van der Waals surface area (Å²) in [6.07, 6.45) is 4.93. The van der Waals surface area contributed by atoms with Crippen molar-refractivity contribution >= 4 is 25.7 Å². The van der Waals surface area contributed by atoms with Gasteiger partial charge < -0.3 is 14.4 Å². The number of imidazole rings is 1. The van der Waals surface area contributed by atoms with Crippen LogP contribution in [0.25, 0.3) is 0 Å². The van der Waals surface area contributed by atoms with Gasteiger partial charge in [0, 0.05) is 23.1 Å². The predicted molar refractivity (Wildman–Crippen MR) is 74.2 cm³/mol. The highest BCUT2D eigenvalue weighted by Crippen LogP contribution is 2.28. The van der Waals surface area contributed by atoms with Crippen LogP contribution in [-0.2, 0) is 15.6 Å². The molecule has 2 rings (SSSR count). The lowest BCUT2D eigenvalue weighted by molar-refractivity contribution is 0.0696. The van der Waals surface area contributed by atoms with Crippen LogP contribution in [0.4, 0.5) is 0 Å². The fourth-order valence-corrected chi connectivity index (χ4v) is 2.63. The van der Waals surface area contributed by atoms with E-state index in [9.17, 15) is 13.2 Å². The van der Waals surface area contributed by atoms with Gasteiger partial charge in [0.25, 0.3) is 9.05 Å². The van der Waals surface area contributed by atoms with E-state index in [4.69, 9.17) is 20.5 Å². The van der Waals surface area contributed by atoms with E-state index in [1.54, 1.807) is 23.3 Å². The van der Waals surface area contributed by atoms with Crippen molar-refractivity contribution < 1.29 is 23.1 Å². The molecule has 1 N–H and O–H groups in total. The molecular weight excluding hydrogens is 320 g/mol. The smallest absolute Gasteiger partial charge is 0.335 e. The molecule has 0 fully saturated rings. The monoisotopic (exact) mass is 330 g/mol. The summed E-state index contributed by atoms with van der Waals surface area (Å²) in [5.74, 6) is -1.24. The molecule has 21 heavy (non-hydrogen) atoms. The highest BCUT2D eigenvalue weighted by molar-refractivity contribution is 8.13. The van der Waals surface area contributed by atoms with Crippen molar-refractivity contribution in [3.63, 3.8) is 0 Å². The molecule has 0 aliphatic heterocycles. The maximum absolute atomic E-state index is 11.5. The van der Waals surface area contributed by atoms with Gasteiger partial charge in [0.2, 0.25) is 0 Å². The first-order chi connectivity index (χ1) is 9.88. The Morgan fingerprint density at radius 2 is 2.19 bits per heavy atom. The normalized spacial score (nSPS) is 11.3. The first kappa shape index (κ1) is 15.3. The van der Waals surface area contributed by atoms with Gasteiger partial charge in [-0.3, -0.25) is 0 Å². The maximum Gasteiger partial charge on any atom is 0.335 e. The molecule has 112 valence electrons. The summed E-state index contributed by atoms with van der Waals surface area (Å²) in [7, 11) is 1.19. The molecule has 7 nitrogen and oxygen atoms in total. The van der Waals surface area contributed by atoms with Crippen LogP contribution in [0.2, 0.25) is 0 Å². The molecule has 0 radical (unpaired) electrons. The van der Waals surface area contributed by atoms with Gasteiger partial charge in [-0.05, 0) is 18.2 Å². The number of halogens is 1. The number of carboxylic acids is 1. The van der Waals surface area contributed by atoms with Gasteiger partial charge in [-0.15, -0.1) is 0 Å². The lowest BCUT2D eigenvalue weighted by Gasteiger charge is -2.10. The number of rotatable bonds is 6. The molecule has 0 atom stereocenters. The Morgan fingerprint density at radius 3 is 2.76 bits per heavy atom. The number of nitrogens with zero attached hydrogens (tertiary/aromatic N) is 2. The van der Waals surface area contributed by atoms with Gasteiger partial charge >= 0.3 is 5.97 Å².